The second-order valence-electron chi connectivity index (χ2n) is 8.40. The van der Waals surface area contributed by atoms with E-state index in [2.05, 4.69) is 11.9 Å². The molecule has 0 aliphatic carbocycles. The number of aromatic amines is 1. The molecule has 0 unspecified atom stereocenters. The Morgan fingerprint density at radius 2 is 1.18 bits per heavy atom. The number of aromatic nitrogens is 1. The van der Waals surface area contributed by atoms with Gasteiger partial charge in [-0.15, -0.1) is 0 Å². The van der Waals surface area contributed by atoms with Gasteiger partial charge < -0.3 is 4.98 Å². The molecule has 0 bridgehead atoms. The molecule has 0 saturated carbocycles. The third-order valence-electron chi connectivity index (χ3n) is 5.88. The number of ketones is 1. The number of rotatable bonds is 18. The second kappa shape index (κ2) is 15.5. The van der Waals surface area contributed by atoms with Gasteiger partial charge in [-0.2, -0.15) is 0 Å². The normalized spacial score (nSPS) is 11.1. The Bertz CT molecular complexity index is 559. The van der Waals surface area contributed by atoms with Crippen LogP contribution in [0.3, 0.4) is 0 Å². The molecule has 28 heavy (non-hydrogen) atoms. The molecule has 0 aromatic carbocycles. The van der Waals surface area contributed by atoms with Gasteiger partial charge in [0, 0.05) is 17.7 Å². The van der Waals surface area contributed by atoms with E-state index in [9.17, 15) is 9.59 Å². The summed E-state index contributed by atoms with van der Waals surface area (Å²) in [5, 5.41) is 0. The van der Waals surface area contributed by atoms with Gasteiger partial charge in [0.05, 0.1) is 5.69 Å². The highest BCUT2D eigenvalue weighted by Gasteiger charge is 2.17. The minimum atomic E-state index is 0.175. The predicted molar refractivity (Wildman–Crippen MR) is 120 cm³/mol. The maximum absolute atomic E-state index is 12.4. The summed E-state index contributed by atoms with van der Waals surface area (Å²) in [7, 11) is 0. The second-order valence-corrected chi connectivity index (χ2v) is 8.40. The number of nitrogens with one attached hydrogen (secondary N) is 1. The van der Waals surface area contributed by atoms with Crippen molar-refractivity contribution >= 4 is 12.1 Å². The molecule has 0 radical (unpaired) electrons. The molecule has 0 aliphatic rings. The number of hydrogen-bond acceptors (Lipinski definition) is 2. The van der Waals surface area contributed by atoms with Crippen LogP contribution in [0.25, 0.3) is 0 Å². The number of H-pyrrole nitrogens is 1. The van der Waals surface area contributed by atoms with E-state index < -0.39 is 0 Å². The van der Waals surface area contributed by atoms with Crippen LogP contribution in [0.15, 0.2) is 0 Å². The Morgan fingerprint density at radius 1 is 0.750 bits per heavy atom. The van der Waals surface area contributed by atoms with Crippen molar-refractivity contribution < 1.29 is 9.59 Å². The van der Waals surface area contributed by atoms with Gasteiger partial charge in [0.2, 0.25) is 0 Å². The van der Waals surface area contributed by atoms with Crippen molar-refractivity contribution in [3.05, 3.63) is 22.5 Å². The predicted octanol–water partition coefficient (Wildman–Crippen LogP) is 7.89. The quantitative estimate of drug-likeness (QED) is 0.158. The van der Waals surface area contributed by atoms with Crippen molar-refractivity contribution in [2.24, 2.45) is 0 Å². The summed E-state index contributed by atoms with van der Waals surface area (Å²) in [6.07, 6.45) is 21.4. The van der Waals surface area contributed by atoms with Crippen molar-refractivity contribution in [3.8, 4) is 0 Å². The molecule has 3 nitrogen and oxygen atoms in total. The average Bonchev–Trinajstić information content (AvgIpc) is 2.98. The van der Waals surface area contributed by atoms with E-state index in [-0.39, 0.29) is 5.78 Å². The highest BCUT2D eigenvalue weighted by atomic mass is 16.1. The number of Topliss-reactive ketones (excluding diaryl/α,β-unsaturated/α-hetero) is 1. The third kappa shape index (κ3) is 9.71. The molecule has 1 heterocycles. The van der Waals surface area contributed by atoms with E-state index in [4.69, 9.17) is 0 Å². The average molecular weight is 390 g/mol. The smallest absolute Gasteiger partial charge is 0.166 e. The van der Waals surface area contributed by atoms with Gasteiger partial charge in [0.1, 0.15) is 0 Å². The van der Waals surface area contributed by atoms with Crippen LogP contribution in [0.5, 0.6) is 0 Å². The van der Waals surface area contributed by atoms with E-state index in [1.54, 1.807) is 0 Å². The number of aryl methyl sites for hydroxylation is 1. The molecule has 1 rings (SSSR count). The molecule has 0 saturated heterocycles. The minimum Gasteiger partial charge on any atom is -0.356 e. The van der Waals surface area contributed by atoms with Crippen molar-refractivity contribution in [1.82, 2.24) is 4.98 Å². The first-order valence-corrected chi connectivity index (χ1v) is 11.8. The summed E-state index contributed by atoms with van der Waals surface area (Å²) in [4.78, 5) is 26.4. The van der Waals surface area contributed by atoms with Gasteiger partial charge in [-0.05, 0) is 25.8 Å². The van der Waals surface area contributed by atoms with Crippen molar-refractivity contribution in [1.29, 1.82) is 0 Å². The Balaban J connectivity index is 1.95. The fraction of sp³-hybridized carbons (Fsp3) is 0.760. The van der Waals surface area contributed by atoms with Gasteiger partial charge in [0.25, 0.3) is 0 Å². The lowest BCUT2D eigenvalue weighted by atomic mass is 10.00. The number of aldehydes is 1. The number of unbranched alkanes of at least 4 members (excludes halogenated alkanes) is 14. The molecular weight excluding hydrogens is 346 g/mol. The van der Waals surface area contributed by atoms with Crippen LogP contribution in [0, 0.1) is 13.8 Å². The summed E-state index contributed by atoms with van der Waals surface area (Å²) in [6.45, 7) is 6.00. The van der Waals surface area contributed by atoms with Crippen LogP contribution < -0.4 is 0 Å². The van der Waals surface area contributed by atoms with Gasteiger partial charge in [0.15, 0.2) is 12.1 Å². The Kier molecular flexibility index (Phi) is 13.7. The Hall–Kier alpha value is -1.38. The molecule has 0 aliphatic heterocycles. The van der Waals surface area contributed by atoms with Gasteiger partial charge in [-0.25, -0.2) is 0 Å². The molecule has 0 amide bonds. The summed E-state index contributed by atoms with van der Waals surface area (Å²) in [5.74, 6) is 0.175. The van der Waals surface area contributed by atoms with E-state index in [0.29, 0.717) is 12.1 Å². The van der Waals surface area contributed by atoms with Crippen LogP contribution in [-0.2, 0) is 0 Å². The molecule has 3 heteroatoms. The summed E-state index contributed by atoms with van der Waals surface area (Å²) >= 11 is 0. The maximum Gasteiger partial charge on any atom is 0.166 e. The number of carbonyl (C=O) groups is 2. The zero-order chi connectivity index (χ0) is 20.6. The standard InChI is InChI=1S/C25H43NO2/c1-4-5-6-7-8-9-10-11-12-13-14-15-16-17-18-19-24(28)25-21(2)23(20-27)26-22(25)3/h20,26H,4-19H2,1-3H3. The lowest BCUT2D eigenvalue weighted by Crippen LogP contribution is -2.02. The Morgan fingerprint density at radius 3 is 1.57 bits per heavy atom. The van der Waals surface area contributed by atoms with Gasteiger partial charge in [-0.1, -0.05) is 96.8 Å². The first-order valence-electron chi connectivity index (χ1n) is 11.8. The van der Waals surface area contributed by atoms with Crippen LogP contribution in [0.2, 0.25) is 0 Å². The Labute approximate surface area is 173 Å². The van der Waals surface area contributed by atoms with E-state index in [1.807, 2.05) is 13.8 Å². The highest BCUT2D eigenvalue weighted by Crippen LogP contribution is 2.20. The van der Waals surface area contributed by atoms with E-state index in [0.717, 1.165) is 35.9 Å². The molecule has 0 spiro atoms. The fourth-order valence-corrected chi connectivity index (χ4v) is 4.09. The molecule has 160 valence electrons. The van der Waals surface area contributed by atoms with Crippen molar-refractivity contribution in [2.75, 3.05) is 0 Å². The number of carbonyl (C=O) groups excluding carboxylic acids is 2. The van der Waals surface area contributed by atoms with Crippen LogP contribution in [0.1, 0.15) is 142 Å². The minimum absolute atomic E-state index is 0.175. The van der Waals surface area contributed by atoms with Crippen LogP contribution in [-0.4, -0.2) is 17.1 Å². The van der Waals surface area contributed by atoms with Gasteiger partial charge in [-0.3, -0.25) is 9.59 Å². The zero-order valence-corrected chi connectivity index (χ0v) is 18.7. The topological polar surface area (TPSA) is 49.9 Å². The number of hydrogen-bond donors (Lipinski definition) is 1. The van der Waals surface area contributed by atoms with Crippen molar-refractivity contribution in [2.45, 2.75) is 124 Å². The lowest BCUT2D eigenvalue weighted by Gasteiger charge is -2.04. The van der Waals surface area contributed by atoms with E-state index >= 15 is 0 Å². The molecule has 1 N–H and O–H groups in total. The maximum atomic E-state index is 12.4. The van der Waals surface area contributed by atoms with Crippen LogP contribution >= 0.6 is 0 Å². The summed E-state index contributed by atoms with van der Waals surface area (Å²) in [6, 6.07) is 0. The molecule has 1 aromatic heterocycles. The fourth-order valence-electron chi connectivity index (χ4n) is 4.09. The van der Waals surface area contributed by atoms with Crippen molar-refractivity contribution in [3.63, 3.8) is 0 Å². The monoisotopic (exact) mass is 389 g/mol. The molecule has 0 fully saturated rings. The first kappa shape index (κ1) is 24.7. The first-order chi connectivity index (χ1) is 13.6. The largest absolute Gasteiger partial charge is 0.356 e. The van der Waals surface area contributed by atoms with E-state index in [1.165, 1.54) is 83.5 Å². The third-order valence-corrected chi connectivity index (χ3v) is 5.88. The van der Waals surface area contributed by atoms with Crippen LogP contribution in [0.4, 0.5) is 0 Å². The highest BCUT2D eigenvalue weighted by molar-refractivity contribution is 6.00. The zero-order valence-electron chi connectivity index (χ0n) is 18.7. The summed E-state index contributed by atoms with van der Waals surface area (Å²) in [5.41, 5.74) is 2.90. The molecular formula is C25H43NO2. The molecule has 1 aromatic rings. The molecule has 0 atom stereocenters. The SMILES string of the molecule is CCCCCCCCCCCCCCCCCC(=O)c1c(C)[nH]c(C=O)c1C. The van der Waals surface area contributed by atoms with Gasteiger partial charge >= 0.3 is 0 Å². The lowest BCUT2D eigenvalue weighted by molar-refractivity contribution is 0.0978. The summed E-state index contributed by atoms with van der Waals surface area (Å²) < 4.78 is 0.